The first-order valence-electron chi connectivity index (χ1n) is 11.0. The van der Waals surface area contributed by atoms with Crippen molar-refractivity contribution in [3.8, 4) is 0 Å². The van der Waals surface area contributed by atoms with Crippen LogP contribution < -0.4 is 4.90 Å². The molecule has 4 rings (SSSR count). The number of amides is 1. The number of thioether (sulfide) groups is 1. The quantitative estimate of drug-likeness (QED) is 0.271. The van der Waals surface area contributed by atoms with E-state index in [1.165, 1.54) is 16.0 Å². The van der Waals surface area contributed by atoms with Crippen LogP contribution in [0.25, 0.3) is 10.2 Å². The second-order valence-electron chi connectivity index (χ2n) is 7.76. The van der Waals surface area contributed by atoms with Crippen LogP contribution in [0.5, 0.6) is 0 Å². The molecule has 0 N–H and O–H groups in total. The average molecular weight is 465 g/mol. The maximum atomic E-state index is 13.2. The predicted molar refractivity (Wildman–Crippen MR) is 135 cm³/mol. The van der Waals surface area contributed by atoms with Crippen molar-refractivity contribution in [2.45, 2.75) is 44.6 Å². The normalized spacial score (nSPS) is 11.2. The topological polar surface area (TPSA) is 51.0 Å². The average Bonchev–Trinajstić information content (AvgIpc) is 3.47. The van der Waals surface area contributed by atoms with Gasteiger partial charge in [-0.2, -0.15) is 0 Å². The molecule has 0 unspecified atom stereocenters. The summed E-state index contributed by atoms with van der Waals surface area (Å²) in [6, 6.07) is 14.8. The molecular formula is C25H28N4OS2. The fraction of sp³-hybridized carbons (Fsp3) is 0.320. The van der Waals surface area contributed by atoms with Crippen molar-refractivity contribution >= 4 is 44.4 Å². The van der Waals surface area contributed by atoms with Gasteiger partial charge in [0.15, 0.2) is 5.13 Å². The molecule has 0 bridgehead atoms. The highest BCUT2D eigenvalue weighted by Crippen LogP contribution is 2.31. The van der Waals surface area contributed by atoms with Crippen molar-refractivity contribution in [3.05, 3.63) is 72.3 Å². The number of aromatic nitrogens is 3. The largest absolute Gasteiger partial charge is 0.337 e. The van der Waals surface area contributed by atoms with Crippen LogP contribution >= 0.6 is 23.1 Å². The Kier molecular flexibility index (Phi) is 7.60. The minimum Gasteiger partial charge on any atom is -0.337 e. The zero-order chi connectivity index (χ0) is 22.3. The Hall–Kier alpha value is -2.64. The summed E-state index contributed by atoms with van der Waals surface area (Å²) in [5.74, 6) is 0.884. The Morgan fingerprint density at radius 1 is 1.19 bits per heavy atom. The number of carbonyl (C=O) groups excluding carboxylic acids is 1. The van der Waals surface area contributed by atoms with E-state index in [9.17, 15) is 4.79 Å². The van der Waals surface area contributed by atoms with Crippen LogP contribution in [0.1, 0.15) is 30.9 Å². The molecule has 0 aliphatic heterocycles. The van der Waals surface area contributed by atoms with Crippen LogP contribution in [0.2, 0.25) is 0 Å². The first-order valence-corrected chi connectivity index (χ1v) is 12.8. The monoisotopic (exact) mass is 464 g/mol. The lowest BCUT2D eigenvalue weighted by atomic mass is 10.2. The maximum Gasteiger partial charge on any atom is 0.229 e. The number of hydrogen-bond donors (Lipinski definition) is 0. The molecule has 32 heavy (non-hydrogen) atoms. The number of fused-ring (bicyclic) bond motifs is 1. The summed E-state index contributed by atoms with van der Waals surface area (Å²) in [5.41, 5.74) is 3.50. The first-order chi connectivity index (χ1) is 15.6. The Morgan fingerprint density at radius 2 is 2.03 bits per heavy atom. The molecule has 0 saturated heterocycles. The summed E-state index contributed by atoms with van der Waals surface area (Å²) in [7, 11) is 0. The number of hydrogen-bond acceptors (Lipinski definition) is 5. The van der Waals surface area contributed by atoms with Gasteiger partial charge in [-0.15, -0.1) is 11.8 Å². The third kappa shape index (κ3) is 5.78. The van der Waals surface area contributed by atoms with Crippen molar-refractivity contribution < 1.29 is 4.79 Å². The lowest BCUT2D eigenvalue weighted by Crippen LogP contribution is -2.32. The van der Waals surface area contributed by atoms with E-state index < -0.39 is 0 Å². The van der Waals surface area contributed by atoms with E-state index in [2.05, 4.69) is 61.3 Å². The summed E-state index contributed by atoms with van der Waals surface area (Å²) in [5, 5.41) is 0.796. The maximum absolute atomic E-state index is 13.2. The molecule has 4 aromatic rings. The number of rotatable bonds is 10. The van der Waals surface area contributed by atoms with Gasteiger partial charge in [-0.1, -0.05) is 42.0 Å². The van der Waals surface area contributed by atoms with Crippen molar-refractivity contribution in [2.24, 2.45) is 0 Å². The molecular weight excluding hydrogens is 436 g/mol. The molecule has 2 aromatic heterocycles. The number of thiazole rings is 1. The Labute approximate surface area is 197 Å². The molecule has 0 spiro atoms. The molecule has 0 aliphatic rings. The molecule has 0 fully saturated rings. The van der Waals surface area contributed by atoms with E-state index in [1.807, 2.05) is 22.0 Å². The van der Waals surface area contributed by atoms with Crippen LogP contribution in [0.15, 0.2) is 66.1 Å². The van der Waals surface area contributed by atoms with Gasteiger partial charge >= 0.3 is 0 Å². The molecule has 5 nitrogen and oxygen atoms in total. The van der Waals surface area contributed by atoms with E-state index in [1.54, 1.807) is 29.3 Å². The summed E-state index contributed by atoms with van der Waals surface area (Å²) < 4.78 is 3.18. The molecule has 0 atom stereocenters. The zero-order valence-corrected chi connectivity index (χ0v) is 20.2. The first kappa shape index (κ1) is 22.6. The van der Waals surface area contributed by atoms with Crippen LogP contribution in [0, 0.1) is 6.92 Å². The fourth-order valence-corrected chi connectivity index (χ4v) is 5.39. The summed E-state index contributed by atoms with van der Waals surface area (Å²) in [4.78, 5) is 25.2. The number of anilines is 1. The molecule has 0 aliphatic carbocycles. The molecule has 166 valence electrons. The number of imidazole rings is 1. The second-order valence-corrected chi connectivity index (χ2v) is 9.94. The minimum absolute atomic E-state index is 0.130. The van der Waals surface area contributed by atoms with Crippen LogP contribution in [-0.4, -0.2) is 32.7 Å². The van der Waals surface area contributed by atoms with Gasteiger partial charge in [0.25, 0.3) is 0 Å². The van der Waals surface area contributed by atoms with E-state index in [4.69, 9.17) is 4.98 Å². The summed E-state index contributed by atoms with van der Waals surface area (Å²) in [6.07, 6.45) is 7.88. The highest BCUT2D eigenvalue weighted by atomic mass is 32.2. The van der Waals surface area contributed by atoms with Gasteiger partial charge in [-0.05, 0) is 49.6 Å². The molecule has 7 heteroatoms. The highest BCUT2D eigenvalue weighted by Gasteiger charge is 2.19. The lowest BCUT2D eigenvalue weighted by Gasteiger charge is -2.20. The summed E-state index contributed by atoms with van der Waals surface area (Å²) in [6.45, 7) is 5.71. The third-order valence-electron chi connectivity index (χ3n) is 5.34. The number of carbonyl (C=O) groups is 1. The van der Waals surface area contributed by atoms with Gasteiger partial charge in [0, 0.05) is 42.6 Å². The number of benzene rings is 2. The zero-order valence-electron chi connectivity index (χ0n) is 18.5. The molecule has 2 heterocycles. The predicted octanol–water partition coefficient (Wildman–Crippen LogP) is 5.97. The highest BCUT2D eigenvalue weighted by molar-refractivity contribution is 7.99. The van der Waals surface area contributed by atoms with Crippen molar-refractivity contribution in [1.29, 1.82) is 0 Å². The third-order valence-corrected chi connectivity index (χ3v) is 7.40. The fourth-order valence-electron chi connectivity index (χ4n) is 3.48. The van der Waals surface area contributed by atoms with Gasteiger partial charge in [0.1, 0.15) is 0 Å². The second kappa shape index (κ2) is 10.8. The SMILES string of the molecule is CCc1ccc2nc(N(CCCn3ccnc3)C(=O)CCSc3ccc(C)cc3)sc2c1. The van der Waals surface area contributed by atoms with Gasteiger partial charge in [0.2, 0.25) is 5.91 Å². The van der Waals surface area contributed by atoms with Gasteiger partial charge in [-0.3, -0.25) is 9.69 Å². The molecule has 0 saturated carbocycles. The molecule has 0 radical (unpaired) electrons. The van der Waals surface area contributed by atoms with Gasteiger partial charge < -0.3 is 4.57 Å². The van der Waals surface area contributed by atoms with E-state index in [0.717, 1.165) is 40.5 Å². The van der Waals surface area contributed by atoms with E-state index in [0.29, 0.717) is 13.0 Å². The van der Waals surface area contributed by atoms with Crippen LogP contribution in [-0.2, 0) is 17.8 Å². The van der Waals surface area contributed by atoms with Crippen molar-refractivity contribution in [1.82, 2.24) is 14.5 Å². The van der Waals surface area contributed by atoms with Crippen LogP contribution in [0.3, 0.4) is 0 Å². The van der Waals surface area contributed by atoms with Crippen LogP contribution in [0.4, 0.5) is 5.13 Å². The minimum atomic E-state index is 0.130. The van der Waals surface area contributed by atoms with Crippen molar-refractivity contribution in [2.75, 3.05) is 17.2 Å². The van der Waals surface area contributed by atoms with E-state index in [-0.39, 0.29) is 5.91 Å². The van der Waals surface area contributed by atoms with Gasteiger partial charge in [0.05, 0.1) is 16.5 Å². The van der Waals surface area contributed by atoms with Gasteiger partial charge in [-0.25, -0.2) is 9.97 Å². The Bertz CT molecular complexity index is 1150. The standard InChI is InChI=1S/C25H28N4OS2/c1-3-20-7-10-22-23(17-20)32-25(27-22)29(14-4-13-28-15-12-26-18-28)24(30)11-16-31-21-8-5-19(2)6-9-21/h5-10,12,15,17-18H,3-4,11,13-14,16H2,1-2H3. The molecule has 2 aromatic carbocycles. The smallest absolute Gasteiger partial charge is 0.229 e. The van der Waals surface area contributed by atoms with Crippen molar-refractivity contribution in [3.63, 3.8) is 0 Å². The number of nitrogens with zero attached hydrogens (tertiary/aromatic N) is 4. The lowest BCUT2D eigenvalue weighted by molar-refractivity contribution is -0.118. The van der Waals surface area contributed by atoms with E-state index >= 15 is 0 Å². The Morgan fingerprint density at radius 3 is 2.78 bits per heavy atom. The Balaban J connectivity index is 1.45. The summed E-state index contributed by atoms with van der Waals surface area (Å²) >= 11 is 3.34. The molecule has 1 amide bonds. The number of aryl methyl sites for hydroxylation is 3.